The van der Waals surface area contributed by atoms with Crippen molar-refractivity contribution in [1.29, 1.82) is 0 Å². The summed E-state index contributed by atoms with van der Waals surface area (Å²) in [7, 11) is 4.18. The molecule has 3 nitrogen and oxygen atoms in total. The predicted octanol–water partition coefficient (Wildman–Crippen LogP) is 2.68. The molecule has 1 fully saturated rings. The number of carbonyl (C=O) groups excluding carboxylic acids is 1. The van der Waals surface area contributed by atoms with Gasteiger partial charge in [0.15, 0.2) is 6.29 Å². The van der Waals surface area contributed by atoms with E-state index in [1.807, 2.05) is 13.1 Å². The molecule has 1 atom stereocenters. The first-order chi connectivity index (χ1) is 8.61. The molecule has 1 unspecified atom stereocenters. The van der Waals surface area contributed by atoms with E-state index in [2.05, 4.69) is 16.8 Å². The van der Waals surface area contributed by atoms with Gasteiger partial charge in [-0.05, 0) is 44.6 Å². The molecule has 0 radical (unpaired) electrons. The number of rotatable bonds is 4. The van der Waals surface area contributed by atoms with Crippen LogP contribution in [0.15, 0.2) is 18.2 Å². The highest BCUT2D eigenvalue weighted by molar-refractivity contribution is 6.31. The van der Waals surface area contributed by atoms with E-state index >= 15 is 0 Å². The van der Waals surface area contributed by atoms with Gasteiger partial charge in [-0.3, -0.25) is 4.79 Å². The minimum absolute atomic E-state index is 0.563. The molecule has 0 bridgehead atoms. The van der Waals surface area contributed by atoms with Crippen LogP contribution in [0.2, 0.25) is 5.02 Å². The van der Waals surface area contributed by atoms with E-state index in [1.54, 1.807) is 12.1 Å². The molecule has 0 aromatic heterocycles. The van der Waals surface area contributed by atoms with E-state index in [1.165, 1.54) is 12.8 Å². The van der Waals surface area contributed by atoms with Gasteiger partial charge in [-0.1, -0.05) is 11.6 Å². The first-order valence-corrected chi connectivity index (χ1v) is 6.65. The van der Waals surface area contributed by atoms with E-state index in [0.29, 0.717) is 16.6 Å². The van der Waals surface area contributed by atoms with Gasteiger partial charge in [0.05, 0.1) is 0 Å². The summed E-state index contributed by atoms with van der Waals surface area (Å²) in [5, 5.41) is 0.669. The van der Waals surface area contributed by atoms with Crippen LogP contribution in [0.4, 0.5) is 5.69 Å². The van der Waals surface area contributed by atoms with Crippen molar-refractivity contribution in [2.24, 2.45) is 0 Å². The van der Waals surface area contributed by atoms with Gasteiger partial charge in [0, 0.05) is 35.9 Å². The lowest BCUT2D eigenvalue weighted by Gasteiger charge is -2.28. The molecule has 1 heterocycles. The predicted molar refractivity (Wildman–Crippen MR) is 75.8 cm³/mol. The van der Waals surface area contributed by atoms with Gasteiger partial charge < -0.3 is 9.80 Å². The first kappa shape index (κ1) is 13.4. The van der Waals surface area contributed by atoms with Crippen LogP contribution >= 0.6 is 11.6 Å². The zero-order valence-electron chi connectivity index (χ0n) is 10.9. The second-order valence-corrected chi connectivity index (χ2v) is 5.41. The number of likely N-dealkylation sites (tertiary alicyclic amines) is 1. The minimum Gasteiger partial charge on any atom is -0.372 e. The lowest BCUT2D eigenvalue weighted by molar-refractivity contribution is 0.112. The third-order valence-corrected chi connectivity index (χ3v) is 3.92. The average Bonchev–Trinajstić information content (AvgIpc) is 2.75. The molecule has 1 aliphatic heterocycles. The van der Waals surface area contributed by atoms with Gasteiger partial charge >= 0.3 is 0 Å². The van der Waals surface area contributed by atoms with Crippen molar-refractivity contribution in [3.05, 3.63) is 28.8 Å². The molecule has 1 aromatic rings. The summed E-state index contributed by atoms with van der Waals surface area (Å²) >= 11 is 6.01. The Morgan fingerprint density at radius 2 is 2.33 bits per heavy atom. The Balaban J connectivity index is 2.14. The van der Waals surface area contributed by atoms with Gasteiger partial charge in [0.1, 0.15) is 0 Å². The molecule has 0 saturated carbocycles. The molecule has 1 saturated heterocycles. The maximum Gasteiger partial charge on any atom is 0.152 e. The van der Waals surface area contributed by atoms with Gasteiger partial charge in [0.25, 0.3) is 0 Å². The molecule has 18 heavy (non-hydrogen) atoms. The smallest absolute Gasteiger partial charge is 0.152 e. The molecule has 0 spiro atoms. The second kappa shape index (κ2) is 5.72. The number of hydrogen-bond donors (Lipinski definition) is 0. The maximum absolute atomic E-state index is 11.1. The Kier molecular flexibility index (Phi) is 4.25. The molecule has 0 amide bonds. The van der Waals surface area contributed by atoms with Crippen LogP contribution in [0.25, 0.3) is 0 Å². The van der Waals surface area contributed by atoms with Gasteiger partial charge in [-0.25, -0.2) is 0 Å². The van der Waals surface area contributed by atoms with E-state index in [9.17, 15) is 4.79 Å². The van der Waals surface area contributed by atoms with Crippen LogP contribution in [-0.2, 0) is 0 Å². The number of aldehydes is 1. The van der Waals surface area contributed by atoms with Gasteiger partial charge in [0.2, 0.25) is 0 Å². The average molecular weight is 267 g/mol. The van der Waals surface area contributed by atoms with Crippen molar-refractivity contribution in [1.82, 2.24) is 4.90 Å². The molecule has 4 heteroatoms. The Bertz CT molecular complexity index is 436. The number of halogens is 1. The third-order valence-electron chi connectivity index (χ3n) is 3.69. The highest BCUT2D eigenvalue weighted by Crippen LogP contribution is 2.25. The lowest BCUT2D eigenvalue weighted by Crippen LogP contribution is -2.37. The summed E-state index contributed by atoms with van der Waals surface area (Å²) in [5.74, 6) is 0. The first-order valence-electron chi connectivity index (χ1n) is 6.28. The Morgan fingerprint density at radius 3 is 2.94 bits per heavy atom. The highest BCUT2D eigenvalue weighted by Gasteiger charge is 2.22. The summed E-state index contributed by atoms with van der Waals surface area (Å²) in [6.45, 7) is 2.09. The van der Waals surface area contributed by atoms with Gasteiger partial charge in [-0.15, -0.1) is 0 Å². The summed E-state index contributed by atoms with van der Waals surface area (Å²) in [6, 6.07) is 5.96. The maximum atomic E-state index is 11.1. The number of likely N-dealkylation sites (N-methyl/N-ethyl adjacent to an activating group) is 2. The summed E-state index contributed by atoms with van der Waals surface area (Å²) in [4.78, 5) is 15.6. The highest BCUT2D eigenvalue weighted by atomic mass is 35.5. The van der Waals surface area contributed by atoms with Crippen molar-refractivity contribution >= 4 is 23.6 Å². The van der Waals surface area contributed by atoms with Crippen LogP contribution in [0, 0.1) is 0 Å². The van der Waals surface area contributed by atoms with E-state index in [4.69, 9.17) is 11.6 Å². The van der Waals surface area contributed by atoms with Crippen LogP contribution in [-0.4, -0.2) is 44.4 Å². The lowest BCUT2D eigenvalue weighted by atomic mass is 10.1. The quantitative estimate of drug-likeness (QED) is 0.783. The fourth-order valence-electron chi connectivity index (χ4n) is 2.57. The Labute approximate surface area is 113 Å². The van der Waals surface area contributed by atoms with Crippen molar-refractivity contribution in [3.8, 4) is 0 Å². The van der Waals surface area contributed by atoms with Gasteiger partial charge in [-0.2, -0.15) is 0 Å². The second-order valence-electron chi connectivity index (χ2n) is 4.98. The van der Waals surface area contributed by atoms with Crippen LogP contribution in [0.5, 0.6) is 0 Å². The van der Waals surface area contributed by atoms with Crippen molar-refractivity contribution in [2.45, 2.75) is 18.9 Å². The number of hydrogen-bond acceptors (Lipinski definition) is 3. The standard InChI is InChI=1S/C14H19ClN2O/c1-16-7-3-4-13(16)9-17(2)14-8-12(15)6-5-11(14)10-18/h5-6,8,10,13H,3-4,7,9H2,1-2H3. The van der Waals surface area contributed by atoms with E-state index in [-0.39, 0.29) is 0 Å². The summed E-state index contributed by atoms with van der Waals surface area (Å²) < 4.78 is 0. The molecule has 0 N–H and O–H groups in total. The zero-order chi connectivity index (χ0) is 13.1. The minimum atomic E-state index is 0.563. The molecule has 0 aliphatic carbocycles. The fourth-order valence-corrected chi connectivity index (χ4v) is 2.74. The molecule has 1 aliphatic rings. The monoisotopic (exact) mass is 266 g/mol. The molecule has 98 valence electrons. The SMILES string of the molecule is CN(CC1CCCN1C)c1cc(Cl)ccc1C=O. The fraction of sp³-hybridized carbons (Fsp3) is 0.500. The number of carbonyl (C=O) groups is 1. The molecular weight excluding hydrogens is 248 g/mol. The Morgan fingerprint density at radius 1 is 1.56 bits per heavy atom. The normalized spacial score (nSPS) is 20.1. The summed E-state index contributed by atoms with van der Waals surface area (Å²) in [6.07, 6.45) is 3.36. The molecule has 2 rings (SSSR count). The Hall–Kier alpha value is -1.06. The molecular formula is C14H19ClN2O. The van der Waals surface area contributed by atoms with E-state index < -0.39 is 0 Å². The zero-order valence-corrected chi connectivity index (χ0v) is 11.7. The number of anilines is 1. The summed E-state index contributed by atoms with van der Waals surface area (Å²) in [5.41, 5.74) is 1.61. The molecule has 1 aromatic carbocycles. The van der Waals surface area contributed by atoms with Crippen LogP contribution < -0.4 is 4.90 Å². The van der Waals surface area contributed by atoms with Crippen molar-refractivity contribution in [3.63, 3.8) is 0 Å². The van der Waals surface area contributed by atoms with Crippen LogP contribution in [0.3, 0.4) is 0 Å². The number of nitrogens with zero attached hydrogens (tertiary/aromatic N) is 2. The third kappa shape index (κ3) is 2.85. The van der Waals surface area contributed by atoms with E-state index in [0.717, 1.165) is 25.1 Å². The van der Waals surface area contributed by atoms with Crippen molar-refractivity contribution < 1.29 is 4.79 Å². The largest absolute Gasteiger partial charge is 0.372 e. The topological polar surface area (TPSA) is 23.6 Å². The number of benzene rings is 1. The van der Waals surface area contributed by atoms with Crippen LogP contribution in [0.1, 0.15) is 23.2 Å². The van der Waals surface area contributed by atoms with Crippen molar-refractivity contribution in [2.75, 3.05) is 32.1 Å².